The Kier molecular flexibility index (Phi) is 6.76. The third-order valence-corrected chi connectivity index (χ3v) is 12.6. The summed E-state index contributed by atoms with van der Waals surface area (Å²) in [6.07, 6.45) is 0. The average Bonchev–Trinajstić information content (AvgIpc) is 3.82. The van der Waals surface area contributed by atoms with E-state index in [1.54, 1.807) is 0 Å². The van der Waals surface area contributed by atoms with Gasteiger partial charge in [-0.1, -0.05) is 141 Å². The molecule has 0 radical (unpaired) electrons. The van der Waals surface area contributed by atoms with E-state index in [1.807, 2.05) is 0 Å². The normalized spacial score (nSPS) is 14.4. The molecule has 0 amide bonds. The van der Waals surface area contributed by atoms with Crippen molar-refractivity contribution in [2.45, 2.75) is 31.6 Å². The first-order valence-corrected chi connectivity index (χ1v) is 19.3. The summed E-state index contributed by atoms with van der Waals surface area (Å²) >= 11 is 0. The predicted octanol–water partition coefficient (Wildman–Crippen LogP) is 14.4. The van der Waals surface area contributed by atoms with Gasteiger partial charge in [0.25, 0.3) is 0 Å². The van der Waals surface area contributed by atoms with Gasteiger partial charge in [0.1, 0.15) is 11.2 Å². The van der Waals surface area contributed by atoms with Gasteiger partial charge in [0.2, 0.25) is 0 Å². The predicted molar refractivity (Wildman–Crippen MR) is 229 cm³/mol. The summed E-state index contributed by atoms with van der Waals surface area (Å²) in [6.45, 7) is 7.04. The Morgan fingerprint density at radius 1 is 0.382 bits per heavy atom. The van der Waals surface area contributed by atoms with E-state index in [1.165, 1.54) is 61.2 Å². The first-order valence-electron chi connectivity index (χ1n) is 19.3. The zero-order valence-electron chi connectivity index (χ0n) is 31.2. The van der Waals surface area contributed by atoms with E-state index in [2.05, 4.69) is 208 Å². The molecule has 0 atom stereocenters. The molecule has 0 saturated carbocycles. The molecule has 0 aliphatic heterocycles. The van der Waals surface area contributed by atoms with Crippen LogP contribution in [0.1, 0.15) is 48.6 Å². The van der Waals surface area contributed by atoms with E-state index in [-0.39, 0.29) is 10.8 Å². The van der Waals surface area contributed by atoms with E-state index >= 15 is 0 Å². The van der Waals surface area contributed by atoms with Crippen LogP contribution in [0.5, 0.6) is 0 Å². The van der Waals surface area contributed by atoms with Crippen molar-refractivity contribution < 1.29 is 4.42 Å². The molecule has 2 aliphatic rings. The summed E-state index contributed by atoms with van der Waals surface area (Å²) in [4.78, 5) is 2.34. The first-order chi connectivity index (χ1) is 26.9. The Bertz CT molecular complexity index is 2920. The summed E-state index contributed by atoms with van der Waals surface area (Å²) in [5, 5.41) is 2.23. The molecule has 11 rings (SSSR count). The van der Waals surface area contributed by atoms with E-state index in [0.717, 1.165) is 39.0 Å². The van der Waals surface area contributed by atoms with Gasteiger partial charge in [0, 0.05) is 38.7 Å². The van der Waals surface area contributed by atoms with Crippen LogP contribution >= 0.6 is 0 Å². The summed E-state index contributed by atoms with van der Waals surface area (Å²) in [6, 6.07) is 66.5. The second-order valence-electron chi connectivity index (χ2n) is 15.9. The van der Waals surface area contributed by atoms with Crippen molar-refractivity contribution in [3.05, 3.63) is 210 Å². The highest BCUT2D eigenvalue weighted by Crippen LogP contribution is 2.53. The zero-order valence-corrected chi connectivity index (χ0v) is 31.2. The smallest absolute Gasteiger partial charge is 0.135 e. The number of fused-ring (bicyclic) bond motifs is 9. The Morgan fingerprint density at radius 2 is 0.945 bits per heavy atom. The molecule has 0 saturated heterocycles. The van der Waals surface area contributed by atoms with Gasteiger partial charge in [-0.05, 0) is 123 Å². The van der Waals surface area contributed by atoms with Crippen molar-refractivity contribution in [1.82, 2.24) is 0 Å². The molecule has 9 aromatic rings. The molecule has 1 heterocycles. The van der Waals surface area contributed by atoms with Gasteiger partial charge < -0.3 is 9.32 Å². The fraction of sp³-hybridized carbons (Fsp3) is 0.0943. The summed E-state index contributed by atoms with van der Waals surface area (Å²) in [7, 11) is 0. The van der Waals surface area contributed by atoms with Crippen LogP contribution in [0.4, 0.5) is 17.1 Å². The van der Waals surface area contributed by atoms with Crippen molar-refractivity contribution in [2.75, 3.05) is 4.90 Å². The SMILES string of the molecule is CC1(C)c2ccccc2-c2ccc(-c3ccc(N(c4ccccc4)c4ccc5oc6cc(C7(C)c8ccccc8-c8ccccc87)ccc6c5c4)cc3)cc21. The van der Waals surface area contributed by atoms with Crippen molar-refractivity contribution in [2.24, 2.45) is 0 Å². The van der Waals surface area contributed by atoms with E-state index in [0.29, 0.717) is 0 Å². The Hall–Kier alpha value is -6.64. The van der Waals surface area contributed by atoms with Gasteiger partial charge in [0.15, 0.2) is 0 Å². The number of hydrogen-bond acceptors (Lipinski definition) is 2. The minimum atomic E-state index is -0.275. The maximum absolute atomic E-state index is 6.63. The molecule has 55 heavy (non-hydrogen) atoms. The zero-order chi connectivity index (χ0) is 36.9. The minimum Gasteiger partial charge on any atom is -0.456 e. The standard InChI is InChI=1S/C53H39NO/c1-52(2)46-18-10-7-15-40(46)43-28-23-35(31-49(43)52)34-21-25-38(26-22-34)54(37-13-5-4-6-14-37)39-27-30-50-45(33-39)44-29-24-36(32-51(44)55-50)53(3)47-19-11-8-16-41(47)42-17-9-12-20-48(42)53/h4-33H,1-3H3. The lowest BCUT2D eigenvalue weighted by Gasteiger charge is -2.28. The number of benzene rings is 8. The molecule has 2 heteroatoms. The van der Waals surface area contributed by atoms with Crippen LogP contribution in [0.25, 0.3) is 55.3 Å². The third-order valence-electron chi connectivity index (χ3n) is 12.6. The molecular formula is C53H39NO. The fourth-order valence-corrected chi connectivity index (χ4v) is 9.69. The lowest BCUT2D eigenvalue weighted by molar-refractivity contribution is 0.660. The van der Waals surface area contributed by atoms with Crippen LogP contribution in [0.3, 0.4) is 0 Å². The Balaban J connectivity index is 0.978. The van der Waals surface area contributed by atoms with Gasteiger partial charge in [-0.2, -0.15) is 0 Å². The largest absolute Gasteiger partial charge is 0.456 e. The van der Waals surface area contributed by atoms with Crippen molar-refractivity contribution in [3.63, 3.8) is 0 Å². The number of nitrogens with zero attached hydrogens (tertiary/aromatic N) is 1. The van der Waals surface area contributed by atoms with Crippen molar-refractivity contribution in [1.29, 1.82) is 0 Å². The van der Waals surface area contributed by atoms with Gasteiger partial charge in [-0.3, -0.25) is 0 Å². The Labute approximate surface area is 322 Å². The highest BCUT2D eigenvalue weighted by atomic mass is 16.3. The maximum Gasteiger partial charge on any atom is 0.135 e. The van der Waals surface area contributed by atoms with Gasteiger partial charge >= 0.3 is 0 Å². The highest BCUT2D eigenvalue weighted by Gasteiger charge is 2.41. The molecule has 262 valence electrons. The molecule has 0 unspecified atom stereocenters. The summed E-state index contributed by atoms with van der Waals surface area (Å²) < 4.78 is 6.63. The number of rotatable bonds is 5. The first kappa shape index (κ1) is 31.8. The van der Waals surface area contributed by atoms with Gasteiger partial charge in [-0.25, -0.2) is 0 Å². The quantitative estimate of drug-likeness (QED) is 0.177. The molecule has 2 aliphatic carbocycles. The fourth-order valence-electron chi connectivity index (χ4n) is 9.69. The van der Waals surface area contributed by atoms with E-state index in [4.69, 9.17) is 4.42 Å². The molecule has 0 fully saturated rings. The van der Waals surface area contributed by atoms with Crippen LogP contribution < -0.4 is 4.90 Å². The van der Waals surface area contributed by atoms with Crippen LogP contribution in [-0.2, 0) is 10.8 Å². The van der Waals surface area contributed by atoms with Crippen LogP contribution in [0.15, 0.2) is 186 Å². The summed E-state index contributed by atoms with van der Waals surface area (Å²) in [5.74, 6) is 0. The number of para-hydroxylation sites is 1. The molecule has 0 N–H and O–H groups in total. The topological polar surface area (TPSA) is 16.4 Å². The average molecular weight is 706 g/mol. The maximum atomic E-state index is 6.63. The van der Waals surface area contributed by atoms with E-state index in [9.17, 15) is 0 Å². The second-order valence-corrected chi connectivity index (χ2v) is 15.9. The number of hydrogen-bond donors (Lipinski definition) is 0. The summed E-state index contributed by atoms with van der Waals surface area (Å²) in [5.41, 5.74) is 19.2. The van der Waals surface area contributed by atoms with Gasteiger partial charge in [-0.15, -0.1) is 0 Å². The lowest BCUT2D eigenvalue weighted by Crippen LogP contribution is -2.22. The van der Waals surface area contributed by atoms with E-state index < -0.39 is 0 Å². The van der Waals surface area contributed by atoms with Crippen LogP contribution in [0, 0.1) is 0 Å². The number of anilines is 3. The molecular weight excluding hydrogens is 667 g/mol. The monoisotopic (exact) mass is 705 g/mol. The lowest BCUT2D eigenvalue weighted by atomic mass is 9.74. The second kappa shape index (κ2) is 11.7. The van der Waals surface area contributed by atoms with Gasteiger partial charge in [0.05, 0.1) is 0 Å². The molecule has 0 spiro atoms. The Morgan fingerprint density at radius 3 is 1.65 bits per heavy atom. The van der Waals surface area contributed by atoms with Crippen molar-refractivity contribution >= 4 is 39.0 Å². The van der Waals surface area contributed by atoms with Crippen LogP contribution in [0.2, 0.25) is 0 Å². The molecule has 0 bridgehead atoms. The third kappa shape index (κ3) is 4.61. The van der Waals surface area contributed by atoms with Crippen molar-refractivity contribution in [3.8, 4) is 33.4 Å². The molecule has 1 aromatic heterocycles. The molecule has 8 aromatic carbocycles. The number of furan rings is 1. The van der Waals surface area contributed by atoms with Crippen LogP contribution in [-0.4, -0.2) is 0 Å². The molecule has 2 nitrogen and oxygen atoms in total. The highest BCUT2D eigenvalue weighted by molar-refractivity contribution is 6.07. The minimum absolute atomic E-state index is 0.0330.